The van der Waals surface area contributed by atoms with Crippen molar-refractivity contribution in [1.29, 1.82) is 0 Å². The third-order valence-corrected chi connectivity index (χ3v) is 4.47. The lowest BCUT2D eigenvalue weighted by molar-refractivity contribution is -0.115. The van der Waals surface area contributed by atoms with E-state index in [0.29, 0.717) is 23.2 Å². The number of halogens is 1. The Kier molecular flexibility index (Phi) is 5.98. The monoisotopic (exact) mass is 373 g/mol. The lowest BCUT2D eigenvalue weighted by Crippen LogP contribution is -2.14. The summed E-state index contributed by atoms with van der Waals surface area (Å²) in [5.41, 5.74) is 0.892. The molecule has 0 unspecified atom stereocenters. The van der Waals surface area contributed by atoms with E-state index in [-0.39, 0.29) is 12.3 Å². The van der Waals surface area contributed by atoms with Crippen molar-refractivity contribution in [3.8, 4) is 5.75 Å². The Hall–Kier alpha value is -2.44. The molecule has 0 saturated heterocycles. The summed E-state index contributed by atoms with van der Waals surface area (Å²) in [5.74, 6) is 0.689. The molecule has 3 rings (SSSR count). The van der Waals surface area contributed by atoms with E-state index in [1.165, 1.54) is 11.3 Å². The minimum absolute atomic E-state index is 0.134. The second kappa shape index (κ2) is 8.60. The van der Waals surface area contributed by atoms with E-state index >= 15 is 0 Å². The average molecular weight is 374 g/mol. The SMILES string of the molecule is O=C(Cc1ccc(Cl)cc1)Nc1nnc(CCOc2ccccc2)s1. The zero-order valence-electron chi connectivity index (χ0n) is 13.3. The molecule has 2 aromatic carbocycles. The number of para-hydroxylation sites is 1. The zero-order chi connectivity index (χ0) is 17.5. The molecule has 0 aliphatic carbocycles. The molecule has 0 aliphatic rings. The van der Waals surface area contributed by atoms with Gasteiger partial charge in [0, 0.05) is 11.4 Å². The number of nitrogens with zero attached hydrogens (tertiary/aromatic N) is 2. The Morgan fingerprint density at radius 2 is 1.84 bits per heavy atom. The zero-order valence-corrected chi connectivity index (χ0v) is 14.9. The number of hydrogen-bond acceptors (Lipinski definition) is 5. The summed E-state index contributed by atoms with van der Waals surface area (Å²) in [7, 11) is 0. The van der Waals surface area contributed by atoms with Gasteiger partial charge < -0.3 is 10.1 Å². The van der Waals surface area contributed by atoms with Crippen molar-refractivity contribution in [2.45, 2.75) is 12.8 Å². The van der Waals surface area contributed by atoms with Crippen LogP contribution in [0, 0.1) is 0 Å². The van der Waals surface area contributed by atoms with Crippen molar-refractivity contribution >= 4 is 34.0 Å². The van der Waals surface area contributed by atoms with Gasteiger partial charge in [-0.25, -0.2) is 0 Å². The van der Waals surface area contributed by atoms with Crippen LogP contribution in [0.1, 0.15) is 10.6 Å². The van der Waals surface area contributed by atoms with E-state index in [9.17, 15) is 4.79 Å². The topological polar surface area (TPSA) is 64.1 Å². The number of amides is 1. The van der Waals surface area contributed by atoms with Gasteiger partial charge in [0.05, 0.1) is 13.0 Å². The third kappa shape index (κ3) is 5.55. The van der Waals surface area contributed by atoms with E-state index in [4.69, 9.17) is 16.3 Å². The molecule has 0 atom stereocenters. The maximum atomic E-state index is 12.0. The molecule has 0 aliphatic heterocycles. The van der Waals surface area contributed by atoms with E-state index < -0.39 is 0 Å². The van der Waals surface area contributed by atoms with Gasteiger partial charge in [0.15, 0.2) is 0 Å². The number of carbonyl (C=O) groups excluding carboxylic acids is 1. The van der Waals surface area contributed by atoms with Crippen LogP contribution in [-0.4, -0.2) is 22.7 Å². The maximum Gasteiger partial charge on any atom is 0.230 e. The molecule has 5 nitrogen and oxygen atoms in total. The van der Waals surface area contributed by atoms with Gasteiger partial charge >= 0.3 is 0 Å². The molecule has 0 bridgehead atoms. The fourth-order valence-corrected chi connectivity index (χ4v) is 2.99. The summed E-state index contributed by atoms with van der Waals surface area (Å²) < 4.78 is 5.63. The van der Waals surface area contributed by atoms with Crippen LogP contribution < -0.4 is 10.1 Å². The van der Waals surface area contributed by atoms with E-state index in [1.807, 2.05) is 42.5 Å². The largest absolute Gasteiger partial charge is 0.493 e. The molecule has 128 valence electrons. The van der Waals surface area contributed by atoms with E-state index in [1.54, 1.807) is 12.1 Å². The normalized spacial score (nSPS) is 10.4. The van der Waals surface area contributed by atoms with Crippen LogP contribution in [0.5, 0.6) is 5.75 Å². The summed E-state index contributed by atoms with van der Waals surface area (Å²) in [5, 5.41) is 12.8. The quantitative estimate of drug-likeness (QED) is 0.680. The molecular formula is C18H16ClN3O2S. The van der Waals surface area contributed by atoms with Crippen molar-refractivity contribution in [2.24, 2.45) is 0 Å². The van der Waals surface area contributed by atoms with Crippen LogP contribution >= 0.6 is 22.9 Å². The second-order valence-corrected chi connectivity index (χ2v) is 6.76. The van der Waals surface area contributed by atoms with Gasteiger partial charge in [0.1, 0.15) is 10.8 Å². The molecule has 25 heavy (non-hydrogen) atoms. The minimum atomic E-state index is -0.134. The van der Waals surface area contributed by atoms with Gasteiger partial charge in [-0.1, -0.05) is 53.3 Å². The fraction of sp³-hybridized carbons (Fsp3) is 0.167. The standard InChI is InChI=1S/C18H16ClN3O2S/c19-14-8-6-13(7-9-14)12-16(23)20-18-22-21-17(25-18)10-11-24-15-4-2-1-3-5-15/h1-9H,10-12H2,(H,20,22,23). The van der Waals surface area contributed by atoms with Crippen molar-refractivity contribution in [3.05, 3.63) is 70.2 Å². The first-order chi connectivity index (χ1) is 12.2. The van der Waals surface area contributed by atoms with Gasteiger partial charge in [-0.2, -0.15) is 0 Å². The number of ether oxygens (including phenoxy) is 1. The second-order valence-electron chi connectivity index (χ2n) is 5.26. The summed E-state index contributed by atoms with van der Waals surface area (Å²) in [6, 6.07) is 16.8. The first kappa shape index (κ1) is 17.4. The van der Waals surface area contributed by atoms with Crippen molar-refractivity contribution in [2.75, 3.05) is 11.9 Å². The number of anilines is 1. The molecule has 0 spiro atoms. The van der Waals surface area contributed by atoms with Crippen LogP contribution in [0.15, 0.2) is 54.6 Å². The van der Waals surface area contributed by atoms with Crippen LogP contribution in [0.4, 0.5) is 5.13 Å². The van der Waals surface area contributed by atoms with Crippen LogP contribution in [0.2, 0.25) is 5.02 Å². The molecule has 3 aromatic rings. The number of nitrogens with one attached hydrogen (secondary N) is 1. The number of hydrogen-bond donors (Lipinski definition) is 1. The summed E-state index contributed by atoms with van der Waals surface area (Å²) in [6.45, 7) is 0.511. The first-order valence-corrected chi connectivity index (χ1v) is 8.93. The highest BCUT2D eigenvalue weighted by molar-refractivity contribution is 7.15. The number of aromatic nitrogens is 2. The lowest BCUT2D eigenvalue weighted by atomic mass is 10.1. The first-order valence-electron chi connectivity index (χ1n) is 7.73. The van der Waals surface area contributed by atoms with Gasteiger partial charge in [-0.3, -0.25) is 4.79 Å². The van der Waals surface area contributed by atoms with Gasteiger partial charge in [-0.15, -0.1) is 10.2 Å². The molecular weight excluding hydrogens is 358 g/mol. The van der Waals surface area contributed by atoms with E-state index in [2.05, 4.69) is 15.5 Å². The molecule has 1 amide bonds. The summed E-state index contributed by atoms with van der Waals surface area (Å²) >= 11 is 7.19. The Bertz CT molecular complexity index is 822. The molecule has 0 radical (unpaired) electrons. The van der Waals surface area contributed by atoms with E-state index in [0.717, 1.165) is 16.3 Å². The molecule has 0 saturated carbocycles. The van der Waals surface area contributed by atoms with Crippen LogP contribution in [-0.2, 0) is 17.6 Å². The van der Waals surface area contributed by atoms with Crippen molar-refractivity contribution in [1.82, 2.24) is 10.2 Å². The summed E-state index contributed by atoms with van der Waals surface area (Å²) in [4.78, 5) is 12.0. The van der Waals surface area contributed by atoms with Gasteiger partial charge in [0.2, 0.25) is 11.0 Å². The van der Waals surface area contributed by atoms with Crippen molar-refractivity contribution in [3.63, 3.8) is 0 Å². The Morgan fingerprint density at radius 3 is 2.60 bits per heavy atom. The fourth-order valence-electron chi connectivity index (χ4n) is 2.13. The minimum Gasteiger partial charge on any atom is -0.493 e. The predicted octanol–water partition coefficient (Wildman–Crippen LogP) is 3.99. The maximum absolute atomic E-state index is 12.0. The highest BCUT2D eigenvalue weighted by Crippen LogP contribution is 2.17. The third-order valence-electron chi connectivity index (χ3n) is 3.32. The molecule has 0 fully saturated rings. The number of carbonyl (C=O) groups is 1. The van der Waals surface area contributed by atoms with Crippen molar-refractivity contribution < 1.29 is 9.53 Å². The highest BCUT2D eigenvalue weighted by atomic mass is 35.5. The van der Waals surface area contributed by atoms with Gasteiger partial charge in [-0.05, 0) is 29.8 Å². The molecule has 7 heteroatoms. The Morgan fingerprint density at radius 1 is 1.08 bits per heavy atom. The lowest BCUT2D eigenvalue weighted by Gasteiger charge is -2.03. The molecule has 1 aromatic heterocycles. The van der Waals surface area contributed by atoms with Crippen LogP contribution in [0.25, 0.3) is 0 Å². The highest BCUT2D eigenvalue weighted by Gasteiger charge is 2.09. The van der Waals surface area contributed by atoms with Gasteiger partial charge in [0.25, 0.3) is 0 Å². The molecule has 1 heterocycles. The Labute approximate surface area is 154 Å². The van der Waals surface area contributed by atoms with Crippen LogP contribution in [0.3, 0.4) is 0 Å². The smallest absolute Gasteiger partial charge is 0.230 e. The Balaban J connectivity index is 1.46. The molecule has 1 N–H and O–H groups in total. The average Bonchev–Trinajstić information content (AvgIpc) is 3.05. The number of benzene rings is 2. The number of rotatable bonds is 7. The predicted molar refractivity (Wildman–Crippen MR) is 99.3 cm³/mol. The summed E-state index contributed by atoms with van der Waals surface area (Å²) in [6.07, 6.45) is 0.906.